The molecular formula is C27H23N3O3. The van der Waals surface area contributed by atoms with Crippen molar-refractivity contribution < 1.29 is 14.2 Å². The Kier molecular flexibility index (Phi) is 5.45. The number of benzene rings is 3. The van der Waals surface area contributed by atoms with Crippen LogP contribution < -0.4 is 19.5 Å². The van der Waals surface area contributed by atoms with Gasteiger partial charge in [-0.2, -0.15) is 5.26 Å². The molecule has 33 heavy (non-hydrogen) atoms. The monoisotopic (exact) mass is 437 g/mol. The van der Waals surface area contributed by atoms with Crippen molar-refractivity contribution in [2.45, 2.75) is 18.4 Å². The number of anilines is 1. The molecule has 0 spiro atoms. The zero-order chi connectivity index (χ0) is 22.8. The number of pyridine rings is 1. The highest BCUT2D eigenvalue weighted by Crippen LogP contribution is 2.45. The summed E-state index contributed by atoms with van der Waals surface area (Å²) in [6.45, 7) is 0. The Bertz CT molecular complexity index is 1330. The molecule has 1 N–H and O–H groups in total. The summed E-state index contributed by atoms with van der Waals surface area (Å²) >= 11 is 0. The van der Waals surface area contributed by atoms with Crippen LogP contribution >= 0.6 is 0 Å². The molecule has 0 radical (unpaired) electrons. The number of nitriles is 1. The van der Waals surface area contributed by atoms with E-state index in [0.29, 0.717) is 23.0 Å². The van der Waals surface area contributed by atoms with Gasteiger partial charge in [0.15, 0.2) is 11.5 Å². The van der Waals surface area contributed by atoms with Crippen LogP contribution in [0.25, 0.3) is 10.9 Å². The van der Waals surface area contributed by atoms with Crippen molar-refractivity contribution in [3.05, 3.63) is 84.1 Å². The Hall–Kier alpha value is -4.24. The molecule has 0 amide bonds. The minimum Gasteiger partial charge on any atom is -0.493 e. The van der Waals surface area contributed by atoms with Gasteiger partial charge < -0.3 is 19.5 Å². The molecule has 1 aliphatic rings. The third-order valence-electron chi connectivity index (χ3n) is 5.90. The van der Waals surface area contributed by atoms with Gasteiger partial charge in [0, 0.05) is 29.6 Å². The Labute approximate surface area is 192 Å². The van der Waals surface area contributed by atoms with E-state index in [1.807, 2.05) is 54.6 Å². The molecule has 1 heterocycles. The molecule has 0 bridgehead atoms. The number of methoxy groups -OCH3 is 2. The number of hydrogen-bond donors (Lipinski definition) is 1. The maximum absolute atomic E-state index is 9.67. The van der Waals surface area contributed by atoms with Crippen LogP contribution in [-0.2, 0) is 0 Å². The van der Waals surface area contributed by atoms with Crippen LogP contribution in [0.15, 0.2) is 72.9 Å². The Morgan fingerprint density at radius 1 is 0.939 bits per heavy atom. The predicted octanol–water partition coefficient (Wildman–Crippen LogP) is 5.88. The first kappa shape index (κ1) is 20.7. The van der Waals surface area contributed by atoms with Crippen LogP contribution in [0.5, 0.6) is 23.0 Å². The quantitative estimate of drug-likeness (QED) is 0.389. The van der Waals surface area contributed by atoms with Gasteiger partial charge in [-0.15, -0.1) is 0 Å². The second kappa shape index (κ2) is 8.71. The summed E-state index contributed by atoms with van der Waals surface area (Å²) in [4.78, 5) is 4.43. The molecule has 4 aromatic rings. The van der Waals surface area contributed by atoms with E-state index in [0.717, 1.165) is 34.5 Å². The van der Waals surface area contributed by atoms with Gasteiger partial charge in [-0.25, -0.2) is 0 Å². The molecule has 5 rings (SSSR count). The van der Waals surface area contributed by atoms with Gasteiger partial charge >= 0.3 is 0 Å². The lowest BCUT2D eigenvalue weighted by Crippen LogP contribution is -2.07. The van der Waals surface area contributed by atoms with E-state index < -0.39 is 0 Å². The van der Waals surface area contributed by atoms with Crippen molar-refractivity contribution in [2.75, 3.05) is 19.5 Å². The molecular weight excluding hydrogens is 414 g/mol. The zero-order valence-corrected chi connectivity index (χ0v) is 18.4. The molecule has 1 aliphatic carbocycles. The third kappa shape index (κ3) is 4.13. The summed E-state index contributed by atoms with van der Waals surface area (Å²) in [5.74, 6) is 3.20. The fourth-order valence-corrected chi connectivity index (χ4v) is 4.08. The Morgan fingerprint density at radius 2 is 1.64 bits per heavy atom. The van der Waals surface area contributed by atoms with E-state index in [2.05, 4.69) is 28.5 Å². The molecule has 2 atom stereocenters. The van der Waals surface area contributed by atoms with Gasteiger partial charge in [0.2, 0.25) is 0 Å². The third-order valence-corrected chi connectivity index (χ3v) is 5.90. The van der Waals surface area contributed by atoms with Crippen molar-refractivity contribution in [3.63, 3.8) is 0 Å². The van der Waals surface area contributed by atoms with Gasteiger partial charge in [0.25, 0.3) is 0 Å². The van der Waals surface area contributed by atoms with Gasteiger partial charge in [0.1, 0.15) is 17.6 Å². The first-order valence-electron chi connectivity index (χ1n) is 10.7. The standard InChI is InChI=1S/C27H23N3O3/c1-31-25-13-22-23(14-26(25)32-2)29-16-18(15-28)27(22)30-24-12-21(24)17-8-10-20(11-9-17)33-19-6-4-3-5-7-19/h3-11,13-14,16,21,24H,12H2,1-2H3,(H,29,30)/t21-,24+/m0/s1. The highest BCUT2D eigenvalue weighted by atomic mass is 16.5. The lowest BCUT2D eigenvalue weighted by molar-refractivity contribution is 0.356. The van der Waals surface area contributed by atoms with Crippen LogP contribution in [0.4, 0.5) is 5.69 Å². The minimum absolute atomic E-state index is 0.233. The van der Waals surface area contributed by atoms with Gasteiger partial charge in [-0.05, 0) is 42.3 Å². The molecule has 6 nitrogen and oxygen atoms in total. The van der Waals surface area contributed by atoms with E-state index in [1.54, 1.807) is 20.4 Å². The van der Waals surface area contributed by atoms with Crippen LogP contribution in [0.3, 0.4) is 0 Å². The van der Waals surface area contributed by atoms with Gasteiger partial charge in [-0.3, -0.25) is 4.98 Å². The van der Waals surface area contributed by atoms with Crippen molar-refractivity contribution in [1.82, 2.24) is 4.98 Å². The molecule has 0 unspecified atom stereocenters. The molecule has 0 aliphatic heterocycles. The van der Waals surface area contributed by atoms with E-state index in [1.165, 1.54) is 5.56 Å². The topological polar surface area (TPSA) is 76.4 Å². The summed E-state index contributed by atoms with van der Waals surface area (Å²) in [6.07, 6.45) is 2.59. The van der Waals surface area contributed by atoms with Crippen LogP contribution in [0, 0.1) is 11.3 Å². The largest absolute Gasteiger partial charge is 0.493 e. The summed E-state index contributed by atoms with van der Waals surface area (Å²) in [5.41, 5.74) is 3.27. The van der Waals surface area contributed by atoms with E-state index in [-0.39, 0.29) is 6.04 Å². The SMILES string of the molecule is COc1cc2ncc(C#N)c(N[C@@H]3C[C@H]3c3ccc(Oc4ccccc4)cc3)c2cc1OC. The van der Waals surface area contributed by atoms with Crippen LogP contribution in [0.2, 0.25) is 0 Å². The fourth-order valence-electron chi connectivity index (χ4n) is 4.08. The van der Waals surface area contributed by atoms with Crippen molar-refractivity contribution in [1.29, 1.82) is 5.26 Å². The molecule has 1 saturated carbocycles. The average molecular weight is 437 g/mol. The number of para-hydroxylation sites is 1. The van der Waals surface area contributed by atoms with E-state index >= 15 is 0 Å². The first-order chi connectivity index (χ1) is 16.2. The maximum atomic E-state index is 9.67. The normalized spacial score (nSPS) is 16.6. The van der Waals surface area contributed by atoms with E-state index in [4.69, 9.17) is 14.2 Å². The van der Waals surface area contributed by atoms with E-state index in [9.17, 15) is 5.26 Å². The number of nitrogens with zero attached hydrogens (tertiary/aromatic N) is 2. The summed E-state index contributed by atoms with van der Waals surface area (Å²) in [6, 6.07) is 24.1. The Balaban J connectivity index is 1.36. The molecule has 3 aromatic carbocycles. The number of aromatic nitrogens is 1. The smallest absolute Gasteiger partial charge is 0.162 e. The predicted molar refractivity (Wildman–Crippen MR) is 127 cm³/mol. The fraction of sp³-hybridized carbons (Fsp3) is 0.185. The highest BCUT2D eigenvalue weighted by molar-refractivity contribution is 5.96. The number of hydrogen-bond acceptors (Lipinski definition) is 6. The lowest BCUT2D eigenvalue weighted by atomic mass is 10.1. The van der Waals surface area contributed by atoms with Crippen LogP contribution in [-0.4, -0.2) is 25.2 Å². The second-order valence-electron chi connectivity index (χ2n) is 7.96. The maximum Gasteiger partial charge on any atom is 0.162 e. The minimum atomic E-state index is 0.233. The first-order valence-corrected chi connectivity index (χ1v) is 10.7. The van der Waals surface area contributed by atoms with Crippen molar-refractivity contribution >= 4 is 16.6 Å². The second-order valence-corrected chi connectivity index (χ2v) is 7.96. The summed E-state index contributed by atoms with van der Waals surface area (Å²) in [7, 11) is 3.19. The molecule has 0 saturated heterocycles. The average Bonchev–Trinajstić information content (AvgIpc) is 3.63. The van der Waals surface area contributed by atoms with Gasteiger partial charge in [0.05, 0.1) is 31.0 Å². The number of rotatable bonds is 7. The molecule has 164 valence electrons. The lowest BCUT2D eigenvalue weighted by Gasteiger charge is -2.14. The van der Waals surface area contributed by atoms with Gasteiger partial charge in [-0.1, -0.05) is 30.3 Å². The van der Waals surface area contributed by atoms with Crippen LogP contribution in [0.1, 0.15) is 23.5 Å². The van der Waals surface area contributed by atoms with Crippen molar-refractivity contribution in [2.24, 2.45) is 0 Å². The summed E-state index contributed by atoms with van der Waals surface area (Å²) < 4.78 is 16.8. The summed E-state index contributed by atoms with van der Waals surface area (Å²) in [5, 5.41) is 14.1. The Morgan fingerprint density at radius 3 is 2.33 bits per heavy atom. The molecule has 6 heteroatoms. The highest BCUT2D eigenvalue weighted by Gasteiger charge is 2.39. The molecule has 1 fully saturated rings. The van der Waals surface area contributed by atoms with Crippen molar-refractivity contribution in [3.8, 4) is 29.1 Å². The molecule has 1 aromatic heterocycles. The number of ether oxygens (including phenoxy) is 3. The zero-order valence-electron chi connectivity index (χ0n) is 18.4. The number of nitrogens with one attached hydrogen (secondary N) is 1. The number of fused-ring (bicyclic) bond motifs is 1.